The van der Waals surface area contributed by atoms with Crippen LogP contribution in [0.2, 0.25) is 0 Å². The van der Waals surface area contributed by atoms with Crippen LogP contribution in [0.3, 0.4) is 0 Å². The van der Waals surface area contributed by atoms with Gasteiger partial charge in [0.2, 0.25) is 5.69 Å². The van der Waals surface area contributed by atoms with E-state index in [2.05, 4.69) is 168 Å². The molecule has 2 aromatic carbocycles. The van der Waals surface area contributed by atoms with Crippen molar-refractivity contribution < 1.29 is 13.5 Å². The van der Waals surface area contributed by atoms with E-state index >= 15 is 0 Å². The molecule has 5 heteroatoms. The van der Waals surface area contributed by atoms with Gasteiger partial charge in [0, 0.05) is 52.0 Å². The normalized spacial score (nSPS) is 19.1. The van der Waals surface area contributed by atoms with Gasteiger partial charge in [0.15, 0.2) is 12.3 Å². The van der Waals surface area contributed by atoms with Crippen molar-refractivity contribution in [2.45, 2.75) is 58.3 Å². The molecule has 2 aliphatic heterocycles. The summed E-state index contributed by atoms with van der Waals surface area (Å²) in [5.74, 6) is 0. The second-order valence-corrected chi connectivity index (χ2v) is 16.0. The summed E-state index contributed by atoms with van der Waals surface area (Å²) < 4.78 is 5.69. The molecule has 43 heavy (non-hydrogen) atoms. The molecule has 0 fully saturated rings. The zero-order valence-electron chi connectivity index (χ0n) is 28.5. The molecule has 4 nitrogen and oxygen atoms in total. The lowest BCUT2D eigenvalue weighted by molar-refractivity contribution is -0.889. The van der Waals surface area contributed by atoms with Crippen LogP contribution in [0.5, 0.6) is 0 Å². The highest BCUT2D eigenvalue weighted by molar-refractivity contribution is 9.11. The first-order valence-electron chi connectivity index (χ1n) is 16.1. The molecule has 0 spiro atoms. The molecule has 0 saturated heterocycles. The third-order valence-corrected chi connectivity index (χ3v) is 10.1. The van der Waals surface area contributed by atoms with Gasteiger partial charge in [-0.15, -0.1) is 0 Å². The summed E-state index contributed by atoms with van der Waals surface area (Å²) in [6, 6.07) is 17.9. The molecule has 2 heterocycles. The third-order valence-electron chi connectivity index (χ3n) is 9.61. The van der Waals surface area contributed by atoms with E-state index in [0.717, 1.165) is 52.5 Å². The number of hydrogen-bond donors (Lipinski definition) is 0. The van der Waals surface area contributed by atoms with Gasteiger partial charge in [-0.2, -0.15) is 4.58 Å². The molecule has 2 aliphatic rings. The summed E-state index contributed by atoms with van der Waals surface area (Å²) in [5, 5.41) is 0. The standard InChI is InChI=1S/C38H56BrN4/c1-11-43(9,10)29-17-27-41-34-21-15-13-19-32(34)38(4,5)36(41)25-23-30(39)22-24-35-37(2,3)31-18-12-14-20-33(31)40(35)26-16-28-42(6,7)8/h12-15,18-25H,11,16-17,26-29H2,1-10H3/q+3. The molecule has 0 radical (unpaired) electrons. The number of nitrogens with zero attached hydrogens (tertiary/aromatic N) is 4. The number of para-hydroxylation sites is 2. The van der Waals surface area contributed by atoms with Gasteiger partial charge in [0.25, 0.3) is 0 Å². The third kappa shape index (κ3) is 7.44. The predicted molar refractivity (Wildman–Crippen MR) is 190 cm³/mol. The van der Waals surface area contributed by atoms with Crippen LogP contribution in [-0.2, 0) is 10.8 Å². The Morgan fingerprint density at radius 2 is 1.51 bits per heavy atom. The van der Waals surface area contributed by atoms with Crippen LogP contribution in [-0.4, -0.2) is 87.2 Å². The molecule has 0 atom stereocenters. The van der Waals surface area contributed by atoms with Gasteiger partial charge in [-0.25, -0.2) is 0 Å². The number of fused-ring (bicyclic) bond motifs is 2. The molecule has 0 unspecified atom stereocenters. The van der Waals surface area contributed by atoms with Crippen LogP contribution in [0.4, 0.5) is 11.4 Å². The first kappa shape index (κ1) is 33.4. The number of halogens is 1. The highest BCUT2D eigenvalue weighted by atomic mass is 79.9. The smallest absolute Gasteiger partial charge is 0.209 e. The number of benzene rings is 2. The molecule has 4 rings (SSSR count). The van der Waals surface area contributed by atoms with Gasteiger partial charge < -0.3 is 13.9 Å². The van der Waals surface area contributed by atoms with Gasteiger partial charge in [-0.05, 0) is 50.6 Å². The van der Waals surface area contributed by atoms with Gasteiger partial charge >= 0.3 is 0 Å². The second-order valence-electron chi connectivity index (χ2n) is 15.1. The summed E-state index contributed by atoms with van der Waals surface area (Å²) in [5.41, 5.74) is 8.15. The van der Waals surface area contributed by atoms with Crippen molar-refractivity contribution in [2.75, 3.05) is 72.9 Å². The summed E-state index contributed by atoms with van der Waals surface area (Å²) in [6.07, 6.45) is 11.5. The van der Waals surface area contributed by atoms with E-state index in [0.29, 0.717) is 0 Å². The number of allylic oxidation sites excluding steroid dienone is 6. The van der Waals surface area contributed by atoms with Gasteiger partial charge in [0.1, 0.15) is 0 Å². The first-order chi connectivity index (χ1) is 20.1. The van der Waals surface area contributed by atoms with Crippen LogP contribution < -0.4 is 4.90 Å². The van der Waals surface area contributed by atoms with E-state index in [1.54, 1.807) is 0 Å². The number of hydrogen-bond acceptors (Lipinski definition) is 1. The molecular weight excluding hydrogens is 592 g/mol. The molecular formula is C38H56BrN4+3. The lowest BCUT2D eigenvalue weighted by Crippen LogP contribution is -2.40. The van der Waals surface area contributed by atoms with Gasteiger partial charge in [0.05, 0.1) is 66.7 Å². The predicted octanol–water partition coefficient (Wildman–Crippen LogP) is 8.16. The summed E-state index contributed by atoms with van der Waals surface area (Å²) >= 11 is 3.92. The molecule has 0 saturated carbocycles. The minimum absolute atomic E-state index is 0.0495. The molecule has 2 aromatic rings. The largest absolute Gasteiger partial charge is 0.344 e. The second kappa shape index (κ2) is 12.9. The molecule has 0 aliphatic carbocycles. The molecule has 232 valence electrons. The maximum atomic E-state index is 3.92. The average Bonchev–Trinajstić information content (AvgIpc) is 3.28. The Hall–Kier alpha value is -2.47. The topological polar surface area (TPSA) is 6.25 Å². The SMILES string of the molecule is CC[N+](C)(C)CCC[N+]1=C(/C=C/C(Br)=C/C=C2\N(CCC[N+](C)(C)C)c3ccccc3C2(C)C)C(C)(C)c2ccccc21. The van der Waals surface area contributed by atoms with E-state index in [9.17, 15) is 0 Å². The molecule has 0 amide bonds. The van der Waals surface area contributed by atoms with Crippen molar-refractivity contribution in [3.8, 4) is 0 Å². The fraction of sp³-hybridized carbons (Fsp3) is 0.500. The fourth-order valence-corrected chi connectivity index (χ4v) is 6.92. The Morgan fingerprint density at radius 1 is 0.860 bits per heavy atom. The van der Waals surface area contributed by atoms with Crippen molar-refractivity contribution in [1.82, 2.24) is 0 Å². The minimum atomic E-state index is -0.0502. The van der Waals surface area contributed by atoms with E-state index in [4.69, 9.17) is 0 Å². The zero-order valence-corrected chi connectivity index (χ0v) is 30.1. The Labute approximate surface area is 271 Å². The van der Waals surface area contributed by atoms with Crippen LogP contribution in [0.1, 0.15) is 58.6 Å². The average molecular weight is 649 g/mol. The zero-order chi connectivity index (χ0) is 31.6. The minimum Gasteiger partial charge on any atom is -0.344 e. The van der Waals surface area contributed by atoms with Crippen molar-refractivity contribution in [1.29, 1.82) is 0 Å². The highest BCUT2D eigenvalue weighted by Gasteiger charge is 2.44. The summed E-state index contributed by atoms with van der Waals surface area (Å²) in [4.78, 5) is 2.55. The van der Waals surface area contributed by atoms with Crippen LogP contribution in [0.25, 0.3) is 0 Å². The monoisotopic (exact) mass is 647 g/mol. The number of rotatable bonds is 12. The Kier molecular flexibility index (Phi) is 10.0. The van der Waals surface area contributed by atoms with E-state index < -0.39 is 0 Å². The maximum absolute atomic E-state index is 3.92. The lowest BCUT2D eigenvalue weighted by atomic mass is 9.81. The van der Waals surface area contributed by atoms with Crippen LogP contribution >= 0.6 is 15.9 Å². The highest BCUT2D eigenvalue weighted by Crippen LogP contribution is 2.47. The molecule has 0 bridgehead atoms. The van der Waals surface area contributed by atoms with Crippen LogP contribution in [0, 0.1) is 0 Å². The number of quaternary nitrogens is 2. The fourth-order valence-electron chi connectivity index (χ4n) is 6.65. The Morgan fingerprint density at radius 3 is 2.19 bits per heavy atom. The van der Waals surface area contributed by atoms with Gasteiger partial charge in [-0.1, -0.05) is 66.2 Å². The quantitative estimate of drug-likeness (QED) is 0.128. The Balaban J connectivity index is 1.63. The van der Waals surface area contributed by atoms with Crippen molar-refractivity contribution >= 4 is 33.0 Å². The summed E-state index contributed by atoms with van der Waals surface area (Å²) in [7, 11) is 11.5. The van der Waals surface area contributed by atoms with E-state index in [1.807, 2.05) is 0 Å². The lowest BCUT2D eigenvalue weighted by Gasteiger charge is -2.29. The van der Waals surface area contributed by atoms with E-state index in [1.165, 1.54) is 40.5 Å². The van der Waals surface area contributed by atoms with E-state index in [-0.39, 0.29) is 10.8 Å². The Bertz CT molecular complexity index is 1430. The van der Waals surface area contributed by atoms with Crippen molar-refractivity contribution in [2.24, 2.45) is 0 Å². The first-order valence-corrected chi connectivity index (χ1v) is 16.9. The van der Waals surface area contributed by atoms with Gasteiger partial charge in [-0.3, -0.25) is 0 Å². The van der Waals surface area contributed by atoms with Crippen LogP contribution in [0.15, 0.2) is 83.0 Å². The molecule has 0 aromatic heterocycles. The van der Waals surface area contributed by atoms with Crippen molar-refractivity contribution in [3.05, 3.63) is 94.1 Å². The summed E-state index contributed by atoms with van der Waals surface area (Å²) in [6.45, 7) is 17.3. The number of anilines is 1. The molecule has 0 N–H and O–H groups in total. The maximum Gasteiger partial charge on any atom is 0.209 e. The van der Waals surface area contributed by atoms with Crippen molar-refractivity contribution in [3.63, 3.8) is 0 Å².